The maximum atomic E-state index is 12.7. The van der Waals surface area contributed by atoms with Crippen LogP contribution in [-0.4, -0.2) is 57.8 Å². The van der Waals surface area contributed by atoms with Gasteiger partial charge < -0.3 is 9.80 Å². The number of rotatable bonds is 5. The van der Waals surface area contributed by atoms with Gasteiger partial charge >= 0.3 is 0 Å². The Balaban J connectivity index is 1.30. The minimum Gasteiger partial charge on any atom is -0.367 e. The Morgan fingerprint density at radius 2 is 1.93 bits per heavy atom. The number of hydrogen-bond acceptors (Lipinski definition) is 7. The molecule has 3 heterocycles. The van der Waals surface area contributed by atoms with Crippen LogP contribution in [0, 0.1) is 0 Å². The Morgan fingerprint density at radius 1 is 1.13 bits per heavy atom. The van der Waals surface area contributed by atoms with Crippen molar-refractivity contribution in [1.82, 2.24) is 19.9 Å². The molecule has 3 aromatic rings. The maximum Gasteiger partial charge on any atom is 0.277 e. The van der Waals surface area contributed by atoms with Gasteiger partial charge in [0.2, 0.25) is 5.91 Å². The summed E-state index contributed by atoms with van der Waals surface area (Å²) in [4.78, 5) is 41.0. The van der Waals surface area contributed by atoms with E-state index >= 15 is 0 Å². The SMILES string of the molecule is O=C(Nc1nc(CC(=O)N2CCN(c3ccccc3Cl)CC2)cs1)c1cnccn1. The van der Waals surface area contributed by atoms with Crippen LogP contribution in [0.25, 0.3) is 0 Å². The number of para-hydroxylation sites is 1. The number of amides is 2. The fourth-order valence-corrected chi connectivity index (χ4v) is 4.16. The predicted molar refractivity (Wildman–Crippen MR) is 116 cm³/mol. The first-order chi connectivity index (χ1) is 14.6. The largest absolute Gasteiger partial charge is 0.367 e. The van der Waals surface area contributed by atoms with Crippen molar-refractivity contribution in [2.45, 2.75) is 6.42 Å². The fraction of sp³-hybridized carbons (Fsp3) is 0.250. The molecule has 0 aliphatic carbocycles. The highest BCUT2D eigenvalue weighted by Crippen LogP contribution is 2.26. The monoisotopic (exact) mass is 442 g/mol. The van der Waals surface area contributed by atoms with Crippen molar-refractivity contribution in [3.63, 3.8) is 0 Å². The number of carbonyl (C=O) groups excluding carboxylic acids is 2. The molecule has 0 saturated carbocycles. The maximum absolute atomic E-state index is 12.7. The number of thiazole rings is 1. The summed E-state index contributed by atoms with van der Waals surface area (Å²) in [7, 11) is 0. The number of anilines is 2. The molecule has 1 fully saturated rings. The Labute approximate surface area is 182 Å². The van der Waals surface area contributed by atoms with Crippen molar-refractivity contribution in [1.29, 1.82) is 0 Å². The third-order valence-electron chi connectivity index (χ3n) is 4.73. The van der Waals surface area contributed by atoms with E-state index in [2.05, 4.69) is 25.2 Å². The van der Waals surface area contributed by atoms with Gasteiger partial charge in [0.25, 0.3) is 5.91 Å². The van der Waals surface area contributed by atoms with E-state index in [0.29, 0.717) is 23.9 Å². The molecule has 154 valence electrons. The summed E-state index contributed by atoms with van der Waals surface area (Å²) in [6.45, 7) is 2.72. The van der Waals surface area contributed by atoms with Gasteiger partial charge in [0.1, 0.15) is 5.69 Å². The van der Waals surface area contributed by atoms with Crippen LogP contribution in [0.15, 0.2) is 48.2 Å². The number of halogens is 1. The third-order valence-corrected chi connectivity index (χ3v) is 5.85. The fourth-order valence-electron chi connectivity index (χ4n) is 3.19. The highest BCUT2D eigenvalue weighted by atomic mass is 35.5. The lowest BCUT2D eigenvalue weighted by Gasteiger charge is -2.36. The second-order valence-electron chi connectivity index (χ2n) is 6.68. The van der Waals surface area contributed by atoms with Gasteiger partial charge in [-0.2, -0.15) is 0 Å². The molecule has 1 N–H and O–H groups in total. The summed E-state index contributed by atoms with van der Waals surface area (Å²) < 4.78 is 0. The van der Waals surface area contributed by atoms with Crippen molar-refractivity contribution in [2.75, 3.05) is 36.4 Å². The molecule has 1 aliphatic rings. The topological polar surface area (TPSA) is 91.3 Å². The molecule has 1 saturated heterocycles. The summed E-state index contributed by atoms with van der Waals surface area (Å²) in [5.74, 6) is -0.364. The van der Waals surface area contributed by atoms with Gasteiger partial charge in [-0.15, -0.1) is 11.3 Å². The van der Waals surface area contributed by atoms with Crippen LogP contribution < -0.4 is 10.2 Å². The molecule has 0 unspecified atom stereocenters. The summed E-state index contributed by atoms with van der Waals surface area (Å²) in [5.41, 5.74) is 1.84. The van der Waals surface area contributed by atoms with E-state index in [1.165, 1.54) is 29.9 Å². The van der Waals surface area contributed by atoms with Gasteiger partial charge in [0.05, 0.1) is 29.0 Å². The van der Waals surface area contributed by atoms with E-state index in [9.17, 15) is 9.59 Å². The van der Waals surface area contributed by atoms with E-state index < -0.39 is 0 Å². The van der Waals surface area contributed by atoms with Gasteiger partial charge in [0.15, 0.2) is 5.13 Å². The number of hydrogen-bond donors (Lipinski definition) is 1. The van der Waals surface area contributed by atoms with Gasteiger partial charge in [-0.25, -0.2) is 9.97 Å². The molecule has 1 aliphatic heterocycles. The average molecular weight is 443 g/mol. The Hall–Kier alpha value is -3.04. The van der Waals surface area contributed by atoms with Crippen LogP contribution >= 0.6 is 22.9 Å². The van der Waals surface area contributed by atoms with Crippen molar-refractivity contribution < 1.29 is 9.59 Å². The molecule has 2 amide bonds. The third kappa shape index (κ3) is 4.74. The zero-order chi connectivity index (χ0) is 20.9. The molecule has 4 rings (SSSR count). The highest BCUT2D eigenvalue weighted by Gasteiger charge is 2.23. The minimum absolute atomic E-state index is 0.0194. The predicted octanol–water partition coefficient (Wildman–Crippen LogP) is 2.73. The summed E-state index contributed by atoms with van der Waals surface area (Å²) in [6, 6.07) is 7.73. The lowest BCUT2D eigenvalue weighted by Crippen LogP contribution is -2.49. The molecule has 0 radical (unpaired) electrons. The summed E-state index contributed by atoms with van der Waals surface area (Å²) in [5, 5.41) is 5.61. The van der Waals surface area contributed by atoms with Gasteiger partial charge in [0, 0.05) is 44.0 Å². The van der Waals surface area contributed by atoms with E-state index in [1.54, 1.807) is 5.38 Å². The van der Waals surface area contributed by atoms with E-state index in [4.69, 9.17) is 11.6 Å². The lowest BCUT2D eigenvalue weighted by atomic mass is 10.2. The van der Waals surface area contributed by atoms with E-state index in [0.717, 1.165) is 23.8 Å². The van der Waals surface area contributed by atoms with Crippen LogP contribution in [0.3, 0.4) is 0 Å². The van der Waals surface area contributed by atoms with Crippen molar-refractivity contribution in [2.24, 2.45) is 0 Å². The van der Waals surface area contributed by atoms with Crippen LogP contribution in [0.2, 0.25) is 5.02 Å². The van der Waals surface area contributed by atoms with Crippen LogP contribution in [0.4, 0.5) is 10.8 Å². The number of aromatic nitrogens is 3. The smallest absolute Gasteiger partial charge is 0.277 e. The van der Waals surface area contributed by atoms with Crippen LogP contribution in [-0.2, 0) is 11.2 Å². The first-order valence-corrected chi connectivity index (χ1v) is 10.6. The number of benzene rings is 1. The second-order valence-corrected chi connectivity index (χ2v) is 7.95. The molecule has 10 heteroatoms. The van der Waals surface area contributed by atoms with Crippen molar-refractivity contribution in [3.8, 4) is 0 Å². The molecular weight excluding hydrogens is 424 g/mol. The van der Waals surface area contributed by atoms with Crippen molar-refractivity contribution >= 4 is 45.6 Å². The molecule has 0 bridgehead atoms. The van der Waals surface area contributed by atoms with Crippen LogP contribution in [0.5, 0.6) is 0 Å². The molecule has 1 aromatic carbocycles. The van der Waals surface area contributed by atoms with E-state index in [1.807, 2.05) is 29.2 Å². The average Bonchev–Trinajstić information content (AvgIpc) is 3.21. The van der Waals surface area contributed by atoms with Crippen LogP contribution in [0.1, 0.15) is 16.2 Å². The van der Waals surface area contributed by atoms with Gasteiger partial charge in [-0.1, -0.05) is 23.7 Å². The first-order valence-electron chi connectivity index (χ1n) is 9.39. The number of carbonyl (C=O) groups is 2. The van der Waals surface area contributed by atoms with Crippen molar-refractivity contribution in [3.05, 3.63) is 64.6 Å². The van der Waals surface area contributed by atoms with Gasteiger partial charge in [-0.05, 0) is 12.1 Å². The quantitative estimate of drug-likeness (QED) is 0.653. The number of nitrogens with zero attached hydrogens (tertiary/aromatic N) is 5. The zero-order valence-corrected chi connectivity index (χ0v) is 17.6. The standard InChI is InChI=1S/C20H19ClN6O2S/c21-15-3-1-2-4-17(15)26-7-9-27(10-8-26)18(28)11-14-13-30-20(24-14)25-19(29)16-12-22-5-6-23-16/h1-6,12-13H,7-11H2,(H,24,25,29). The normalized spacial score (nSPS) is 13.9. The number of piperazine rings is 1. The highest BCUT2D eigenvalue weighted by molar-refractivity contribution is 7.14. The first kappa shape index (κ1) is 20.2. The Kier molecular flexibility index (Phi) is 6.20. The minimum atomic E-state index is -0.383. The summed E-state index contributed by atoms with van der Waals surface area (Å²) in [6.07, 6.45) is 4.53. The molecule has 2 aromatic heterocycles. The molecule has 0 spiro atoms. The molecule has 8 nitrogen and oxygen atoms in total. The number of nitrogens with one attached hydrogen (secondary N) is 1. The lowest BCUT2D eigenvalue weighted by molar-refractivity contribution is -0.130. The zero-order valence-electron chi connectivity index (χ0n) is 16.0. The second kappa shape index (κ2) is 9.19. The molecular formula is C20H19ClN6O2S. The molecule has 0 atom stereocenters. The Morgan fingerprint density at radius 3 is 2.67 bits per heavy atom. The van der Waals surface area contributed by atoms with Gasteiger partial charge in [-0.3, -0.25) is 19.9 Å². The summed E-state index contributed by atoms with van der Waals surface area (Å²) >= 11 is 7.55. The van der Waals surface area contributed by atoms with E-state index in [-0.39, 0.29) is 23.9 Å². The molecule has 30 heavy (non-hydrogen) atoms. The Bertz CT molecular complexity index is 1040.